The van der Waals surface area contributed by atoms with E-state index in [0.29, 0.717) is 30.7 Å². The monoisotopic (exact) mass is 433 g/mol. The number of nitrogens with one attached hydrogen (secondary N) is 2. The van der Waals surface area contributed by atoms with Crippen LogP contribution in [0.25, 0.3) is 5.70 Å². The number of nitriles is 1. The first-order chi connectivity index (χ1) is 15.5. The Morgan fingerprint density at radius 1 is 1.16 bits per heavy atom. The van der Waals surface area contributed by atoms with Gasteiger partial charge in [0.2, 0.25) is 0 Å². The lowest BCUT2D eigenvalue weighted by atomic mass is 10.0. The summed E-state index contributed by atoms with van der Waals surface area (Å²) in [7, 11) is 1.56. The molecule has 0 radical (unpaired) electrons. The molecule has 0 saturated heterocycles. The average Bonchev–Trinajstić information content (AvgIpc) is 3.15. The number of ether oxygens (including phenoxy) is 1. The number of carbonyl (C=O) groups is 2. The van der Waals surface area contributed by atoms with Crippen molar-refractivity contribution in [2.45, 2.75) is 6.42 Å². The number of carbonyl (C=O) groups excluding carboxylic acids is 2. The van der Waals surface area contributed by atoms with Crippen LogP contribution in [0.15, 0.2) is 59.1 Å². The highest BCUT2D eigenvalue weighted by atomic mass is 16.6. The van der Waals surface area contributed by atoms with Crippen LogP contribution in [-0.2, 0) is 9.53 Å². The first-order valence-electron chi connectivity index (χ1n) is 9.62. The fraction of sp³-hybridized carbons (Fsp3) is 0.182. The molecular formula is C22H19N5O5. The minimum atomic E-state index is -0.569. The summed E-state index contributed by atoms with van der Waals surface area (Å²) in [6.45, 7) is 0.804. The maximum atomic E-state index is 12.6. The SMILES string of the molecule is COCCCNC(=O)C(C#N)=C1N=C(NC(=O)c2ccc([N+](=O)[O-])cc2)c2ccccc21. The van der Waals surface area contributed by atoms with Gasteiger partial charge in [-0.15, -0.1) is 0 Å². The molecule has 0 bridgehead atoms. The molecule has 0 aromatic heterocycles. The van der Waals surface area contributed by atoms with Gasteiger partial charge in [-0.1, -0.05) is 24.3 Å². The van der Waals surface area contributed by atoms with Crippen molar-refractivity contribution < 1.29 is 19.2 Å². The zero-order valence-corrected chi connectivity index (χ0v) is 17.1. The van der Waals surface area contributed by atoms with Crippen molar-refractivity contribution >= 4 is 29.0 Å². The Balaban J connectivity index is 1.88. The lowest BCUT2D eigenvalue weighted by molar-refractivity contribution is -0.384. The van der Waals surface area contributed by atoms with Crippen molar-refractivity contribution in [2.24, 2.45) is 4.99 Å². The van der Waals surface area contributed by atoms with Gasteiger partial charge < -0.3 is 15.4 Å². The first kappa shape index (κ1) is 22.3. The summed E-state index contributed by atoms with van der Waals surface area (Å²) >= 11 is 0. The van der Waals surface area contributed by atoms with Gasteiger partial charge in [-0.2, -0.15) is 5.26 Å². The summed E-state index contributed by atoms with van der Waals surface area (Å²) in [5.74, 6) is -0.920. The number of nitro groups is 1. The highest BCUT2D eigenvalue weighted by Gasteiger charge is 2.27. The molecule has 2 N–H and O–H groups in total. The molecule has 3 rings (SSSR count). The molecule has 10 heteroatoms. The smallest absolute Gasteiger partial charge is 0.269 e. The van der Waals surface area contributed by atoms with Gasteiger partial charge >= 0.3 is 0 Å². The predicted octanol–water partition coefficient (Wildman–Crippen LogP) is 2.17. The van der Waals surface area contributed by atoms with Gasteiger partial charge in [-0.05, 0) is 18.6 Å². The highest BCUT2D eigenvalue weighted by molar-refractivity contribution is 6.20. The van der Waals surface area contributed by atoms with E-state index < -0.39 is 16.7 Å². The lowest BCUT2D eigenvalue weighted by Gasteiger charge is -2.06. The fourth-order valence-electron chi connectivity index (χ4n) is 3.05. The third kappa shape index (κ3) is 4.85. The molecule has 10 nitrogen and oxygen atoms in total. The molecule has 0 saturated carbocycles. The maximum Gasteiger partial charge on any atom is 0.269 e. The van der Waals surface area contributed by atoms with Crippen LogP contribution in [0.2, 0.25) is 0 Å². The summed E-state index contributed by atoms with van der Waals surface area (Å²) < 4.78 is 4.94. The van der Waals surface area contributed by atoms with E-state index in [4.69, 9.17) is 4.74 Å². The van der Waals surface area contributed by atoms with Crippen LogP contribution in [0, 0.1) is 21.4 Å². The number of non-ortho nitro benzene ring substituents is 1. The second-order valence-electron chi connectivity index (χ2n) is 6.70. The van der Waals surface area contributed by atoms with Crippen LogP contribution < -0.4 is 10.6 Å². The Morgan fingerprint density at radius 3 is 2.47 bits per heavy atom. The van der Waals surface area contributed by atoms with Crippen molar-refractivity contribution in [3.63, 3.8) is 0 Å². The van der Waals surface area contributed by atoms with Gasteiger partial charge in [0.05, 0.1) is 10.6 Å². The molecule has 2 amide bonds. The van der Waals surface area contributed by atoms with Crippen LogP contribution in [0.1, 0.15) is 27.9 Å². The van der Waals surface area contributed by atoms with Crippen LogP contribution in [0.5, 0.6) is 0 Å². The molecule has 0 aliphatic carbocycles. The van der Waals surface area contributed by atoms with E-state index >= 15 is 0 Å². The first-order valence-corrected chi connectivity index (χ1v) is 9.62. The molecule has 2 aromatic rings. The van der Waals surface area contributed by atoms with Gasteiger partial charge in [-0.25, -0.2) is 4.99 Å². The third-order valence-corrected chi connectivity index (χ3v) is 4.62. The zero-order valence-electron chi connectivity index (χ0n) is 17.1. The van der Waals surface area contributed by atoms with Gasteiger partial charge in [0.15, 0.2) is 0 Å². The predicted molar refractivity (Wildman–Crippen MR) is 116 cm³/mol. The number of amidine groups is 1. The van der Waals surface area contributed by atoms with Crippen molar-refractivity contribution in [2.75, 3.05) is 20.3 Å². The highest BCUT2D eigenvalue weighted by Crippen LogP contribution is 2.30. The zero-order chi connectivity index (χ0) is 23.1. The Kier molecular flexibility index (Phi) is 7.05. The number of rotatable bonds is 7. The van der Waals surface area contributed by atoms with E-state index in [0.717, 1.165) is 0 Å². The third-order valence-electron chi connectivity index (χ3n) is 4.62. The molecule has 1 heterocycles. The van der Waals surface area contributed by atoms with Crippen molar-refractivity contribution in [3.8, 4) is 6.07 Å². The number of hydrogen-bond acceptors (Lipinski definition) is 7. The molecule has 162 valence electrons. The van der Waals surface area contributed by atoms with Crippen LogP contribution >= 0.6 is 0 Å². The number of nitrogens with zero attached hydrogens (tertiary/aromatic N) is 3. The number of fused-ring (bicyclic) bond motifs is 1. The molecule has 0 fully saturated rings. The number of aliphatic imine (C=N–C) groups is 1. The molecule has 32 heavy (non-hydrogen) atoms. The summed E-state index contributed by atoms with van der Waals surface area (Å²) in [5, 5.41) is 25.7. The maximum absolute atomic E-state index is 12.6. The van der Waals surface area contributed by atoms with Gasteiger partial charge in [0, 0.05) is 49.1 Å². The van der Waals surface area contributed by atoms with Gasteiger partial charge in [0.25, 0.3) is 17.5 Å². The number of nitro benzene ring substituents is 1. The summed E-state index contributed by atoms with van der Waals surface area (Å²) in [6, 6.07) is 13.9. The Labute approximate surface area is 183 Å². The molecule has 0 unspecified atom stereocenters. The number of benzene rings is 2. The van der Waals surface area contributed by atoms with Crippen LogP contribution in [0.4, 0.5) is 5.69 Å². The topological polar surface area (TPSA) is 147 Å². The normalized spacial score (nSPS) is 13.4. The second kappa shape index (κ2) is 10.1. The average molecular weight is 433 g/mol. The standard InChI is InChI=1S/C22H19N5O5/c1-32-12-4-11-24-22(29)18(13-23)19-16-5-2-3-6-17(16)20(25-19)26-21(28)14-7-9-15(10-8-14)27(30)31/h2-3,5-10H,4,11-12H2,1H3,(H,24,29)(H,25,26,28). The Hall–Kier alpha value is -4.36. The molecule has 0 spiro atoms. The number of methoxy groups -OCH3 is 1. The van der Waals surface area contributed by atoms with E-state index in [9.17, 15) is 25.0 Å². The molecular weight excluding hydrogens is 414 g/mol. The van der Waals surface area contributed by atoms with Crippen LogP contribution in [0.3, 0.4) is 0 Å². The summed E-state index contributed by atoms with van der Waals surface area (Å²) in [4.78, 5) is 39.8. The van der Waals surface area contributed by atoms with E-state index in [-0.39, 0.29) is 28.4 Å². The quantitative estimate of drug-likeness (QED) is 0.225. The fourth-order valence-corrected chi connectivity index (χ4v) is 3.05. The Bertz CT molecular complexity index is 1160. The molecule has 1 aliphatic heterocycles. The van der Waals surface area contributed by atoms with Crippen LogP contribution in [-0.4, -0.2) is 42.8 Å². The minimum Gasteiger partial charge on any atom is -0.385 e. The van der Waals surface area contributed by atoms with Gasteiger partial charge in [-0.3, -0.25) is 19.7 Å². The van der Waals surface area contributed by atoms with E-state index in [1.165, 1.54) is 24.3 Å². The summed E-state index contributed by atoms with van der Waals surface area (Å²) in [5.41, 5.74) is 1.14. The number of hydrogen-bond donors (Lipinski definition) is 2. The molecule has 1 aliphatic rings. The molecule has 0 atom stereocenters. The van der Waals surface area contributed by atoms with Crippen molar-refractivity contribution in [1.29, 1.82) is 5.26 Å². The second-order valence-corrected chi connectivity index (χ2v) is 6.70. The Morgan fingerprint density at radius 2 is 1.84 bits per heavy atom. The lowest BCUT2D eigenvalue weighted by Crippen LogP contribution is -2.30. The van der Waals surface area contributed by atoms with E-state index in [1.807, 2.05) is 6.07 Å². The van der Waals surface area contributed by atoms with Crippen molar-refractivity contribution in [1.82, 2.24) is 10.6 Å². The minimum absolute atomic E-state index is 0.134. The van der Waals surface area contributed by atoms with Crippen molar-refractivity contribution in [3.05, 3.63) is 80.9 Å². The van der Waals surface area contributed by atoms with Gasteiger partial charge in [0.1, 0.15) is 17.5 Å². The summed E-state index contributed by atoms with van der Waals surface area (Å²) in [6.07, 6.45) is 0.590. The number of amides is 2. The van der Waals surface area contributed by atoms with E-state index in [1.54, 1.807) is 31.4 Å². The van der Waals surface area contributed by atoms with E-state index in [2.05, 4.69) is 15.6 Å². The molecule has 2 aromatic carbocycles. The largest absolute Gasteiger partial charge is 0.385 e.